The lowest BCUT2D eigenvalue weighted by Gasteiger charge is -2.24. The van der Waals surface area contributed by atoms with E-state index >= 15 is 0 Å². The van der Waals surface area contributed by atoms with Crippen LogP contribution < -0.4 is 0 Å². The lowest BCUT2D eigenvalue weighted by Crippen LogP contribution is -2.36. The second-order valence-electron chi connectivity index (χ2n) is 6.92. The summed E-state index contributed by atoms with van der Waals surface area (Å²) in [6.07, 6.45) is 3.41. The standard InChI is InChI=1S/C19H25N3O2S/c1-14(2)8-9-21(3)13-19(23)22-16(18-7-5-11-25-18)12-15(20-22)17-6-4-10-24-17/h4-7,10-11,14,16H,8-9,12-13H2,1-3H3/t16-/m1/s1. The Kier molecular flexibility index (Phi) is 5.71. The Hall–Kier alpha value is -1.92. The highest BCUT2D eigenvalue weighted by atomic mass is 32.1. The first-order valence-corrected chi connectivity index (χ1v) is 9.58. The van der Waals surface area contributed by atoms with Gasteiger partial charge < -0.3 is 4.42 Å². The topological polar surface area (TPSA) is 49.1 Å². The van der Waals surface area contributed by atoms with Crippen LogP contribution in [0.1, 0.15) is 43.4 Å². The van der Waals surface area contributed by atoms with Crippen molar-refractivity contribution in [2.75, 3.05) is 20.1 Å². The Balaban J connectivity index is 1.73. The van der Waals surface area contributed by atoms with Gasteiger partial charge in [-0.15, -0.1) is 11.3 Å². The second kappa shape index (κ2) is 7.97. The van der Waals surface area contributed by atoms with Crippen LogP contribution in [0.3, 0.4) is 0 Å². The van der Waals surface area contributed by atoms with E-state index in [0.717, 1.165) is 29.3 Å². The minimum Gasteiger partial charge on any atom is -0.463 e. The number of thiophene rings is 1. The predicted molar refractivity (Wildman–Crippen MR) is 101 cm³/mol. The number of hydrazone groups is 1. The van der Waals surface area contributed by atoms with Gasteiger partial charge in [0.05, 0.1) is 18.8 Å². The Morgan fingerprint density at radius 2 is 2.28 bits per heavy atom. The van der Waals surface area contributed by atoms with E-state index in [0.29, 0.717) is 18.9 Å². The van der Waals surface area contributed by atoms with Gasteiger partial charge in [-0.2, -0.15) is 5.10 Å². The number of rotatable bonds is 7. The van der Waals surface area contributed by atoms with Gasteiger partial charge in [-0.25, -0.2) is 5.01 Å². The van der Waals surface area contributed by atoms with Crippen molar-refractivity contribution in [1.29, 1.82) is 0 Å². The van der Waals surface area contributed by atoms with E-state index in [-0.39, 0.29) is 11.9 Å². The summed E-state index contributed by atoms with van der Waals surface area (Å²) in [5.74, 6) is 1.41. The number of furan rings is 1. The van der Waals surface area contributed by atoms with Crippen LogP contribution in [0, 0.1) is 5.92 Å². The average molecular weight is 359 g/mol. The van der Waals surface area contributed by atoms with E-state index < -0.39 is 0 Å². The van der Waals surface area contributed by atoms with Crippen LogP contribution in [0.4, 0.5) is 0 Å². The number of nitrogens with zero attached hydrogens (tertiary/aromatic N) is 3. The lowest BCUT2D eigenvalue weighted by molar-refractivity contribution is -0.133. The van der Waals surface area contributed by atoms with Crippen molar-refractivity contribution in [3.63, 3.8) is 0 Å². The molecule has 0 fully saturated rings. The van der Waals surface area contributed by atoms with Gasteiger partial charge in [0, 0.05) is 11.3 Å². The molecule has 0 saturated heterocycles. The quantitative estimate of drug-likeness (QED) is 0.751. The van der Waals surface area contributed by atoms with Crippen molar-refractivity contribution in [2.45, 2.75) is 32.7 Å². The smallest absolute Gasteiger partial charge is 0.257 e. The van der Waals surface area contributed by atoms with Gasteiger partial charge in [-0.3, -0.25) is 9.69 Å². The fourth-order valence-electron chi connectivity index (χ4n) is 2.90. The van der Waals surface area contributed by atoms with Crippen LogP contribution in [0.15, 0.2) is 45.4 Å². The molecule has 0 bridgehead atoms. The minimum absolute atomic E-state index is 0.0335. The van der Waals surface area contributed by atoms with E-state index in [1.54, 1.807) is 22.6 Å². The zero-order valence-electron chi connectivity index (χ0n) is 15.0. The molecule has 3 rings (SSSR count). The fraction of sp³-hybridized carbons (Fsp3) is 0.474. The Bertz CT molecular complexity index is 707. The Labute approximate surface area is 152 Å². The van der Waals surface area contributed by atoms with Gasteiger partial charge in [0.15, 0.2) is 0 Å². The molecule has 2 aromatic rings. The van der Waals surface area contributed by atoms with Crippen molar-refractivity contribution in [3.05, 3.63) is 46.5 Å². The van der Waals surface area contributed by atoms with Gasteiger partial charge in [-0.1, -0.05) is 19.9 Å². The summed E-state index contributed by atoms with van der Waals surface area (Å²) in [7, 11) is 1.99. The molecule has 3 heterocycles. The van der Waals surface area contributed by atoms with Crippen LogP contribution >= 0.6 is 11.3 Å². The monoisotopic (exact) mass is 359 g/mol. The number of hydrogen-bond acceptors (Lipinski definition) is 5. The molecule has 6 heteroatoms. The van der Waals surface area contributed by atoms with E-state index in [1.165, 1.54) is 0 Å². The first kappa shape index (κ1) is 17.9. The largest absolute Gasteiger partial charge is 0.463 e. The average Bonchev–Trinajstić information content (AvgIpc) is 3.32. The van der Waals surface area contributed by atoms with Crippen molar-refractivity contribution in [3.8, 4) is 0 Å². The molecule has 0 radical (unpaired) electrons. The molecule has 25 heavy (non-hydrogen) atoms. The van der Waals surface area contributed by atoms with Gasteiger partial charge >= 0.3 is 0 Å². The first-order chi connectivity index (χ1) is 12.0. The molecule has 1 aliphatic heterocycles. The number of carbonyl (C=O) groups excluding carboxylic acids is 1. The molecule has 134 valence electrons. The van der Waals surface area contributed by atoms with E-state index in [1.807, 2.05) is 30.6 Å². The molecular weight excluding hydrogens is 334 g/mol. The maximum atomic E-state index is 12.9. The molecular formula is C19H25N3O2S. The summed E-state index contributed by atoms with van der Waals surface area (Å²) in [4.78, 5) is 16.1. The van der Waals surface area contributed by atoms with Crippen molar-refractivity contribution < 1.29 is 9.21 Å². The zero-order chi connectivity index (χ0) is 17.8. The molecule has 2 aromatic heterocycles. The molecule has 0 N–H and O–H groups in total. The highest BCUT2D eigenvalue weighted by Crippen LogP contribution is 2.35. The van der Waals surface area contributed by atoms with Crippen molar-refractivity contribution in [1.82, 2.24) is 9.91 Å². The van der Waals surface area contributed by atoms with Crippen molar-refractivity contribution >= 4 is 23.0 Å². The number of amides is 1. The predicted octanol–water partition coefficient (Wildman–Crippen LogP) is 4.00. The van der Waals surface area contributed by atoms with Crippen LogP contribution in [0.25, 0.3) is 0 Å². The number of likely N-dealkylation sites (N-methyl/N-ethyl adjacent to an activating group) is 1. The highest BCUT2D eigenvalue weighted by molar-refractivity contribution is 7.10. The first-order valence-electron chi connectivity index (χ1n) is 8.70. The summed E-state index contributed by atoms with van der Waals surface area (Å²) >= 11 is 1.66. The molecule has 5 nitrogen and oxygen atoms in total. The molecule has 1 atom stereocenters. The minimum atomic E-state index is -0.0360. The van der Waals surface area contributed by atoms with Crippen LogP contribution in [-0.2, 0) is 4.79 Å². The number of carbonyl (C=O) groups is 1. The molecule has 0 spiro atoms. The van der Waals surface area contributed by atoms with Crippen molar-refractivity contribution in [2.24, 2.45) is 11.0 Å². The van der Waals surface area contributed by atoms with Gasteiger partial charge in [-0.05, 0) is 49.5 Å². The summed E-state index contributed by atoms with van der Waals surface area (Å²) in [6.45, 7) is 5.69. The molecule has 1 amide bonds. The summed E-state index contributed by atoms with van der Waals surface area (Å²) in [5.41, 5.74) is 0.835. The molecule has 0 saturated carbocycles. The Morgan fingerprint density at radius 1 is 1.44 bits per heavy atom. The Morgan fingerprint density at radius 3 is 2.92 bits per heavy atom. The molecule has 0 unspecified atom stereocenters. The van der Waals surface area contributed by atoms with Crippen LogP contribution in [0.2, 0.25) is 0 Å². The van der Waals surface area contributed by atoms with Crippen LogP contribution in [-0.4, -0.2) is 41.7 Å². The fourth-order valence-corrected chi connectivity index (χ4v) is 3.71. The summed E-state index contributed by atoms with van der Waals surface area (Å²) in [5, 5.41) is 8.29. The number of hydrogen-bond donors (Lipinski definition) is 0. The molecule has 0 aromatic carbocycles. The third-order valence-corrected chi connectivity index (χ3v) is 5.31. The molecule has 0 aliphatic carbocycles. The third-order valence-electron chi connectivity index (χ3n) is 4.34. The normalized spacial score (nSPS) is 17.6. The van der Waals surface area contributed by atoms with E-state index in [9.17, 15) is 4.79 Å². The second-order valence-corrected chi connectivity index (χ2v) is 7.90. The molecule has 1 aliphatic rings. The summed E-state index contributed by atoms with van der Waals surface area (Å²) < 4.78 is 5.48. The van der Waals surface area contributed by atoms with Gasteiger partial charge in [0.25, 0.3) is 5.91 Å². The maximum Gasteiger partial charge on any atom is 0.257 e. The zero-order valence-corrected chi connectivity index (χ0v) is 15.8. The lowest BCUT2D eigenvalue weighted by atomic mass is 10.1. The summed E-state index contributed by atoms with van der Waals surface area (Å²) in [6, 6.07) is 7.79. The maximum absolute atomic E-state index is 12.9. The van der Waals surface area contributed by atoms with E-state index in [2.05, 4.69) is 29.9 Å². The van der Waals surface area contributed by atoms with Gasteiger partial charge in [0.1, 0.15) is 11.5 Å². The third kappa shape index (κ3) is 4.38. The van der Waals surface area contributed by atoms with E-state index in [4.69, 9.17) is 4.42 Å². The van der Waals surface area contributed by atoms with Crippen LogP contribution in [0.5, 0.6) is 0 Å². The van der Waals surface area contributed by atoms with Gasteiger partial charge in [0.2, 0.25) is 0 Å². The highest BCUT2D eigenvalue weighted by Gasteiger charge is 2.34. The SMILES string of the molecule is CC(C)CCN(C)CC(=O)N1N=C(c2ccco2)C[C@@H]1c1cccs1.